The summed E-state index contributed by atoms with van der Waals surface area (Å²) in [6.45, 7) is 2.31. The van der Waals surface area contributed by atoms with Crippen molar-refractivity contribution in [1.82, 2.24) is 9.44 Å². The third-order valence-electron chi connectivity index (χ3n) is 0.998. The van der Waals surface area contributed by atoms with Gasteiger partial charge in [-0.1, -0.05) is 19.1 Å². The zero-order valence-electron chi connectivity index (χ0n) is 6.83. The van der Waals surface area contributed by atoms with Gasteiger partial charge in [0.05, 0.1) is 4.99 Å². The number of thiocarbonyl (C=S) groups is 1. The predicted octanol–water partition coefficient (Wildman–Crippen LogP) is -0.893. The normalized spacial score (nSPS) is 11.4. The van der Waals surface area contributed by atoms with Crippen molar-refractivity contribution >= 4 is 27.4 Å². The van der Waals surface area contributed by atoms with Gasteiger partial charge in [0.15, 0.2) is 0 Å². The van der Waals surface area contributed by atoms with E-state index in [-0.39, 0.29) is 6.54 Å². The highest BCUT2D eigenvalue weighted by atomic mass is 32.2. The van der Waals surface area contributed by atoms with E-state index < -0.39 is 10.2 Å². The average Bonchev–Trinajstić information content (AvgIpc) is 1.85. The van der Waals surface area contributed by atoms with Gasteiger partial charge in [-0.05, 0) is 0 Å². The fourth-order valence-corrected chi connectivity index (χ4v) is 1.50. The Kier molecular flexibility index (Phi) is 5.31. The monoisotopic (exact) mass is 211 g/mol. The van der Waals surface area contributed by atoms with Crippen LogP contribution in [0.2, 0.25) is 0 Å². The van der Waals surface area contributed by atoms with Gasteiger partial charge >= 0.3 is 0 Å². The molecule has 0 amide bonds. The summed E-state index contributed by atoms with van der Waals surface area (Å²) >= 11 is 4.57. The lowest BCUT2D eigenvalue weighted by molar-refractivity contribution is 0.570. The van der Waals surface area contributed by atoms with Crippen molar-refractivity contribution in [3.8, 4) is 0 Å². The minimum absolute atomic E-state index is 0.241. The van der Waals surface area contributed by atoms with E-state index in [0.29, 0.717) is 18.0 Å². The molecule has 0 saturated carbocycles. The maximum Gasteiger partial charge on any atom is 0.276 e. The summed E-state index contributed by atoms with van der Waals surface area (Å²) in [5.74, 6) is 0. The van der Waals surface area contributed by atoms with Crippen LogP contribution in [-0.4, -0.2) is 26.5 Å². The molecule has 0 aromatic carbocycles. The summed E-state index contributed by atoms with van der Waals surface area (Å²) in [5, 5.41) is 0. The summed E-state index contributed by atoms with van der Waals surface area (Å²) in [7, 11) is -3.34. The van der Waals surface area contributed by atoms with Crippen molar-refractivity contribution < 1.29 is 8.42 Å². The lowest BCUT2D eigenvalue weighted by atomic mass is 10.4. The second-order valence-electron chi connectivity index (χ2n) is 2.11. The van der Waals surface area contributed by atoms with Crippen molar-refractivity contribution in [2.45, 2.75) is 13.3 Å². The van der Waals surface area contributed by atoms with E-state index in [0.717, 1.165) is 0 Å². The van der Waals surface area contributed by atoms with Gasteiger partial charge in [-0.15, -0.1) is 0 Å². The van der Waals surface area contributed by atoms with E-state index in [1.54, 1.807) is 6.92 Å². The van der Waals surface area contributed by atoms with Gasteiger partial charge in [-0.2, -0.15) is 8.42 Å². The van der Waals surface area contributed by atoms with E-state index in [1.807, 2.05) is 0 Å². The summed E-state index contributed by atoms with van der Waals surface area (Å²) < 4.78 is 26.4. The first-order valence-corrected chi connectivity index (χ1v) is 5.39. The largest absolute Gasteiger partial charge is 0.393 e. The molecule has 72 valence electrons. The van der Waals surface area contributed by atoms with E-state index >= 15 is 0 Å². The van der Waals surface area contributed by atoms with E-state index in [9.17, 15) is 8.42 Å². The Bertz CT molecular complexity index is 237. The quantitative estimate of drug-likeness (QED) is 0.497. The molecule has 0 saturated heterocycles. The predicted molar refractivity (Wildman–Crippen MR) is 52.0 cm³/mol. The first-order valence-electron chi connectivity index (χ1n) is 3.50. The smallest absolute Gasteiger partial charge is 0.276 e. The maximum atomic E-state index is 10.9. The molecule has 0 aliphatic heterocycles. The second-order valence-corrected chi connectivity index (χ2v) is 4.22. The Morgan fingerprint density at radius 3 is 2.50 bits per heavy atom. The summed E-state index contributed by atoms with van der Waals surface area (Å²) in [6.07, 6.45) is 0.375. The van der Waals surface area contributed by atoms with Crippen LogP contribution < -0.4 is 15.2 Å². The number of hydrogen-bond acceptors (Lipinski definition) is 3. The fraction of sp³-hybridized carbons (Fsp3) is 0.800. The van der Waals surface area contributed by atoms with Crippen molar-refractivity contribution in [3.05, 3.63) is 0 Å². The van der Waals surface area contributed by atoms with Crippen LogP contribution in [-0.2, 0) is 10.2 Å². The average molecular weight is 211 g/mol. The third-order valence-corrected chi connectivity index (χ3v) is 2.45. The molecule has 0 aliphatic rings. The molecule has 0 unspecified atom stereocenters. The van der Waals surface area contributed by atoms with Crippen LogP contribution in [0.3, 0.4) is 0 Å². The summed E-state index contributed by atoms with van der Waals surface area (Å²) in [4.78, 5) is 0.300. The highest BCUT2D eigenvalue weighted by Gasteiger charge is 2.05. The fourth-order valence-electron chi connectivity index (χ4n) is 0.550. The lowest BCUT2D eigenvalue weighted by Crippen LogP contribution is -2.37. The van der Waals surface area contributed by atoms with Crippen LogP contribution in [0.5, 0.6) is 0 Å². The molecule has 0 rings (SSSR count). The van der Waals surface area contributed by atoms with Crippen molar-refractivity contribution in [2.24, 2.45) is 5.73 Å². The third kappa shape index (κ3) is 6.47. The highest BCUT2D eigenvalue weighted by molar-refractivity contribution is 7.87. The van der Waals surface area contributed by atoms with Gasteiger partial charge in [0.2, 0.25) is 0 Å². The van der Waals surface area contributed by atoms with Crippen LogP contribution in [0, 0.1) is 0 Å². The summed E-state index contributed by atoms with van der Waals surface area (Å²) in [5.41, 5.74) is 5.17. The number of hydrogen-bond donors (Lipinski definition) is 3. The Morgan fingerprint density at radius 1 is 1.50 bits per heavy atom. The summed E-state index contributed by atoms with van der Waals surface area (Å²) in [6, 6.07) is 0. The first kappa shape index (κ1) is 11.8. The van der Waals surface area contributed by atoms with Crippen LogP contribution in [0.25, 0.3) is 0 Å². The van der Waals surface area contributed by atoms with Crippen LogP contribution in [0.4, 0.5) is 0 Å². The molecule has 0 aliphatic carbocycles. The van der Waals surface area contributed by atoms with Gasteiger partial charge in [0.1, 0.15) is 0 Å². The maximum absolute atomic E-state index is 10.9. The Morgan fingerprint density at radius 2 is 2.08 bits per heavy atom. The molecular formula is C5H13N3O2S2. The number of nitrogens with one attached hydrogen (secondary N) is 2. The topological polar surface area (TPSA) is 84.2 Å². The van der Waals surface area contributed by atoms with E-state index in [1.165, 1.54) is 0 Å². The lowest BCUT2D eigenvalue weighted by Gasteiger charge is -2.04. The second kappa shape index (κ2) is 5.41. The first-order chi connectivity index (χ1) is 5.48. The molecule has 0 radical (unpaired) electrons. The number of rotatable bonds is 6. The molecule has 0 fully saturated rings. The molecule has 0 atom stereocenters. The van der Waals surface area contributed by atoms with E-state index in [2.05, 4.69) is 21.7 Å². The molecule has 5 nitrogen and oxygen atoms in total. The van der Waals surface area contributed by atoms with Crippen molar-refractivity contribution in [2.75, 3.05) is 13.1 Å². The zero-order chi connectivity index (χ0) is 9.61. The molecule has 0 bridgehead atoms. The molecule has 7 heteroatoms. The molecule has 4 N–H and O–H groups in total. The standard InChI is InChI=1S/C5H13N3O2S2/c1-2-7-12(9,10)8-4-3-5(6)11/h7-8H,2-4H2,1H3,(H2,6,11). The minimum atomic E-state index is -3.34. The van der Waals surface area contributed by atoms with Gasteiger partial charge in [0.25, 0.3) is 10.2 Å². The number of nitrogens with two attached hydrogens (primary N) is 1. The van der Waals surface area contributed by atoms with E-state index in [4.69, 9.17) is 5.73 Å². The molecule has 12 heavy (non-hydrogen) atoms. The molecule has 0 spiro atoms. The molecule has 0 heterocycles. The van der Waals surface area contributed by atoms with Gasteiger partial charge < -0.3 is 5.73 Å². The minimum Gasteiger partial charge on any atom is -0.393 e. The zero-order valence-corrected chi connectivity index (χ0v) is 8.46. The Labute approximate surface area is 77.9 Å². The van der Waals surface area contributed by atoms with Crippen LogP contribution >= 0.6 is 12.2 Å². The van der Waals surface area contributed by atoms with Gasteiger partial charge in [-0.3, -0.25) is 0 Å². The Hall–Kier alpha value is -0.240. The highest BCUT2D eigenvalue weighted by Crippen LogP contribution is 1.80. The molecule has 0 aromatic heterocycles. The van der Waals surface area contributed by atoms with Crippen LogP contribution in [0.1, 0.15) is 13.3 Å². The molecule has 0 aromatic rings. The van der Waals surface area contributed by atoms with Crippen LogP contribution in [0.15, 0.2) is 0 Å². The van der Waals surface area contributed by atoms with Crippen molar-refractivity contribution in [1.29, 1.82) is 0 Å². The van der Waals surface area contributed by atoms with Crippen molar-refractivity contribution in [3.63, 3.8) is 0 Å². The Balaban J connectivity index is 3.69. The molecular weight excluding hydrogens is 198 g/mol. The van der Waals surface area contributed by atoms with Gasteiger partial charge in [-0.25, -0.2) is 9.44 Å². The SMILES string of the molecule is CCNS(=O)(=O)NCCC(N)=S. The van der Waals surface area contributed by atoms with Gasteiger partial charge in [0, 0.05) is 19.5 Å².